The van der Waals surface area contributed by atoms with Crippen molar-refractivity contribution in [3.8, 4) is 0 Å². The minimum Gasteiger partial charge on any atom is -0.479 e. The highest BCUT2D eigenvalue weighted by atomic mass is 19.3. The minimum atomic E-state index is -3.63. The second-order valence-electron chi connectivity index (χ2n) is 1.75. The van der Waals surface area contributed by atoms with E-state index in [1.165, 1.54) is 0 Å². The fourth-order valence-corrected chi connectivity index (χ4v) is 0.317. The third-order valence-electron chi connectivity index (χ3n) is 0.967. The minimum absolute atomic E-state index is 0.930. The van der Waals surface area contributed by atoms with Crippen molar-refractivity contribution in [2.75, 3.05) is 6.54 Å². The Labute approximate surface area is 55.3 Å². The van der Waals surface area contributed by atoms with Crippen LogP contribution < -0.4 is 5.73 Å². The second kappa shape index (κ2) is 2.89. The van der Waals surface area contributed by atoms with Crippen LogP contribution in [0.3, 0.4) is 0 Å². The van der Waals surface area contributed by atoms with Gasteiger partial charge in [0.1, 0.15) is 6.54 Å². The van der Waals surface area contributed by atoms with E-state index in [-0.39, 0.29) is 0 Å². The van der Waals surface area contributed by atoms with Gasteiger partial charge in [-0.05, 0) is 0 Å². The zero-order valence-corrected chi connectivity index (χ0v) is 5.05. The number of alkyl halides is 2. The van der Waals surface area contributed by atoms with Gasteiger partial charge in [0.25, 0.3) is 0 Å². The Hall–Kier alpha value is -0.750. The molecule has 60 valence electrons. The van der Waals surface area contributed by atoms with Gasteiger partial charge in [-0.15, -0.1) is 0 Å². The molecule has 0 heterocycles. The standard InChI is InChI=1S/C4H7F2NO3/c5-4(6,1-7)2(8)3(9)10/h2,8H,1,7H2,(H,9,10)/p+1/t2-/m1/s1. The van der Waals surface area contributed by atoms with Crippen molar-refractivity contribution in [3.63, 3.8) is 0 Å². The monoisotopic (exact) mass is 156 g/mol. The van der Waals surface area contributed by atoms with Crippen LogP contribution in [0.2, 0.25) is 0 Å². The van der Waals surface area contributed by atoms with Gasteiger partial charge >= 0.3 is 11.9 Å². The van der Waals surface area contributed by atoms with Crippen molar-refractivity contribution >= 4 is 5.97 Å². The van der Waals surface area contributed by atoms with Gasteiger partial charge in [-0.25, -0.2) is 4.79 Å². The van der Waals surface area contributed by atoms with E-state index in [2.05, 4.69) is 5.73 Å². The van der Waals surface area contributed by atoms with Crippen LogP contribution in [0, 0.1) is 0 Å². The molecule has 0 spiro atoms. The maximum absolute atomic E-state index is 12.1. The van der Waals surface area contributed by atoms with Gasteiger partial charge in [-0.3, -0.25) is 0 Å². The summed E-state index contributed by atoms with van der Waals surface area (Å²) in [5.41, 5.74) is 2.79. The van der Waals surface area contributed by atoms with Crippen molar-refractivity contribution in [1.29, 1.82) is 0 Å². The lowest BCUT2D eigenvalue weighted by Gasteiger charge is -2.14. The molecule has 5 N–H and O–H groups in total. The number of hydrogen-bond acceptors (Lipinski definition) is 2. The largest absolute Gasteiger partial charge is 0.479 e. The summed E-state index contributed by atoms with van der Waals surface area (Å²) in [6.45, 7) is -0.930. The Morgan fingerprint density at radius 3 is 2.20 bits per heavy atom. The third kappa shape index (κ3) is 1.89. The lowest BCUT2D eigenvalue weighted by molar-refractivity contribution is -0.413. The number of hydrogen-bond donors (Lipinski definition) is 3. The van der Waals surface area contributed by atoms with Crippen LogP contribution in [0.5, 0.6) is 0 Å². The third-order valence-corrected chi connectivity index (χ3v) is 0.967. The Morgan fingerprint density at radius 1 is 1.70 bits per heavy atom. The summed E-state index contributed by atoms with van der Waals surface area (Å²) in [6, 6.07) is 0. The van der Waals surface area contributed by atoms with Crippen LogP contribution >= 0.6 is 0 Å². The fourth-order valence-electron chi connectivity index (χ4n) is 0.317. The summed E-state index contributed by atoms with van der Waals surface area (Å²) in [5.74, 6) is -5.57. The first-order chi connectivity index (χ1) is 4.41. The highest BCUT2D eigenvalue weighted by Crippen LogP contribution is 2.15. The van der Waals surface area contributed by atoms with E-state index >= 15 is 0 Å². The summed E-state index contributed by atoms with van der Waals surface area (Å²) in [6.07, 6.45) is -2.65. The molecule has 1 atom stereocenters. The summed E-state index contributed by atoms with van der Waals surface area (Å²) in [5, 5.41) is 16.2. The molecule has 0 saturated heterocycles. The SMILES string of the molecule is [NH3+]CC(F)(F)[C@H](O)C(=O)O. The molecule has 0 radical (unpaired) electrons. The lowest BCUT2D eigenvalue weighted by atomic mass is 10.2. The predicted molar refractivity (Wildman–Crippen MR) is 26.3 cm³/mol. The zero-order valence-electron chi connectivity index (χ0n) is 5.05. The molecule has 0 aromatic rings. The molecule has 0 unspecified atom stereocenters. The molecule has 10 heavy (non-hydrogen) atoms. The Kier molecular flexibility index (Phi) is 2.67. The van der Waals surface area contributed by atoms with E-state index in [0.29, 0.717) is 0 Å². The Morgan fingerprint density at radius 2 is 2.10 bits per heavy atom. The van der Waals surface area contributed by atoms with E-state index in [9.17, 15) is 13.6 Å². The van der Waals surface area contributed by atoms with Crippen molar-refractivity contribution in [3.05, 3.63) is 0 Å². The molecule has 0 aliphatic rings. The van der Waals surface area contributed by atoms with E-state index in [0.717, 1.165) is 0 Å². The van der Waals surface area contributed by atoms with Crippen molar-refractivity contribution in [2.24, 2.45) is 0 Å². The Bertz CT molecular complexity index is 138. The van der Waals surface area contributed by atoms with Gasteiger partial charge in [-0.1, -0.05) is 0 Å². The molecular formula is C4H8F2NO3+. The number of rotatable bonds is 3. The summed E-state index contributed by atoms with van der Waals surface area (Å²) in [4.78, 5) is 9.75. The smallest absolute Gasteiger partial charge is 0.339 e. The molecule has 0 bridgehead atoms. The number of carbonyl (C=O) groups is 1. The van der Waals surface area contributed by atoms with Crippen LogP contribution in [-0.4, -0.2) is 34.8 Å². The summed E-state index contributed by atoms with van der Waals surface area (Å²) < 4.78 is 24.2. The van der Waals surface area contributed by atoms with E-state index in [4.69, 9.17) is 10.2 Å². The van der Waals surface area contributed by atoms with Crippen LogP contribution in [-0.2, 0) is 4.79 Å². The van der Waals surface area contributed by atoms with E-state index < -0.39 is 24.5 Å². The second-order valence-corrected chi connectivity index (χ2v) is 1.75. The summed E-state index contributed by atoms with van der Waals surface area (Å²) in [7, 11) is 0. The first-order valence-electron chi connectivity index (χ1n) is 2.49. The maximum Gasteiger partial charge on any atom is 0.339 e. The number of aliphatic hydroxyl groups excluding tert-OH is 1. The molecule has 0 amide bonds. The first-order valence-corrected chi connectivity index (χ1v) is 2.49. The topological polar surface area (TPSA) is 85.2 Å². The van der Waals surface area contributed by atoms with Crippen LogP contribution in [0.1, 0.15) is 0 Å². The first kappa shape index (κ1) is 9.25. The highest BCUT2D eigenvalue weighted by Gasteiger charge is 2.44. The molecule has 0 aromatic carbocycles. The number of carboxylic acid groups (broad SMARTS) is 1. The van der Waals surface area contributed by atoms with Crippen molar-refractivity contribution in [2.45, 2.75) is 12.0 Å². The van der Waals surface area contributed by atoms with Crippen molar-refractivity contribution < 1.29 is 29.5 Å². The number of aliphatic carboxylic acids is 1. The average Bonchev–Trinajstić information content (AvgIpc) is 1.86. The zero-order chi connectivity index (χ0) is 8.36. The van der Waals surface area contributed by atoms with Gasteiger partial charge in [0.15, 0.2) is 0 Å². The molecule has 0 saturated carbocycles. The highest BCUT2D eigenvalue weighted by molar-refractivity contribution is 5.73. The van der Waals surface area contributed by atoms with Gasteiger partial charge < -0.3 is 15.9 Å². The van der Waals surface area contributed by atoms with Gasteiger partial charge in [0, 0.05) is 0 Å². The van der Waals surface area contributed by atoms with E-state index in [1.807, 2.05) is 0 Å². The quantitative estimate of drug-likeness (QED) is 0.455. The molecular weight excluding hydrogens is 148 g/mol. The Balaban J connectivity index is 4.17. The van der Waals surface area contributed by atoms with Crippen LogP contribution in [0.4, 0.5) is 8.78 Å². The normalized spacial score (nSPS) is 14.8. The molecule has 0 aliphatic carbocycles. The average molecular weight is 156 g/mol. The molecule has 0 fully saturated rings. The molecule has 0 aliphatic heterocycles. The lowest BCUT2D eigenvalue weighted by Crippen LogP contribution is -2.63. The fraction of sp³-hybridized carbons (Fsp3) is 0.750. The van der Waals surface area contributed by atoms with Gasteiger partial charge in [0.2, 0.25) is 6.10 Å². The summed E-state index contributed by atoms with van der Waals surface area (Å²) >= 11 is 0. The molecule has 6 heteroatoms. The predicted octanol–water partition coefficient (Wildman–Crippen LogP) is -1.69. The van der Waals surface area contributed by atoms with Crippen LogP contribution in [0.25, 0.3) is 0 Å². The van der Waals surface area contributed by atoms with Gasteiger partial charge in [0.05, 0.1) is 0 Å². The number of quaternary nitrogens is 1. The number of aliphatic hydroxyl groups is 1. The molecule has 0 aromatic heterocycles. The molecule has 0 rings (SSSR count). The maximum atomic E-state index is 12.1. The van der Waals surface area contributed by atoms with Crippen molar-refractivity contribution in [1.82, 2.24) is 0 Å². The van der Waals surface area contributed by atoms with Gasteiger partial charge in [-0.2, -0.15) is 8.78 Å². The number of halogens is 2. The van der Waals surface area contributed by atoms with E-state index in [1.54, 1.807) is 0 Å². The molecule has 4 nitrogen and oxygen atoms in total. The van der Waals surface area contributed by atoms with Crippen LogP contribution in [0.15, 0.2) is 0 Å². The number of carboxylic acids is 1.